The average molecular weight is 433 g/mol. The van der Waals surface area contributed by atoms with E-state index in [-0.39, 0.29) is 10.8 Å². The van der Waals surface area contributed by atoms with E-state index in [9.17, 15) is 13.2 Å². The smallest absolute Gasteiger partial charge is 0.251 e. The third kappa shape index (κ3) is 6.57. The Morgan fingerprint density at radius 1 is 0.933 bits per heavy atom. The minimum absolute atomic E-state index is 0.224. The zero-order valence-electron chi connectivity index (χ0n) is 18.1. The molecular weight excluding hydrogens is 400 g/mol. The highest BCUT2D eigenvalue weighted by Gasteiger charge is 2.23. The molecule has 0 fully saturated rings. The van der Waals surface area contributed by atoms with Crippen molar-refractivity contribution in [2.45, 2.75) is 51.0 Å². The Bertz CT molecular complexity index is 886. The first-order valence-corrected chi connectivity index (χ1v) is 11.9. The van der Waals surface area contributed by atoms with Crippen molar-refractivity contribution in [2.75, 3.05) is 20.2 Å². The summed E-state index contributed by atoms with van der Waals surface area (Å²) in [4.78, 5) is 12.6. The molecule has 0 saturated carbocycles. The summed E-state index contributed by atoms with van der Waals surface area (Å²) in [6.45, 7) is 5.50. The van der Waals surface area contributed by atoms with Gasteiger partial charge in [0.05, 0.1) is 12.0 Å². The summed E-state index contributed by atoms with van der Waals surface area (Å²) in [7, 11) is -1.96. The van der Waals surface area contributed by atoms with Gasteiger partial charge >= 0.3 is 0 Å². The summed E-state index contributed by atoms with van der Waals surface area (Å²) >= 11 is 0. The molecule has 164 valence electrons. The quantitative estimate of drug-likeness (QED) is 0.545. The highest BCUT2D eigenvalue weighted by atomic mass is 32.2. The van der Waals surface area contributed by atoms with Crippen molar-refractivity contribution in [3.8, 4) is 5.75 Å². The molecule has 0 atom stereocenters. The lowest BCUT2D eigenvalue weighted by atomic mass is 10.2. The van der Waals surface area contributed by atoms with Crippen LogP contribution < -0.4 is 10.1 Å². The van der Waals surface area contributed by atoms with Gasteiger partial charge in [-0.3, -0.25) is 4.79 Å². The fraction of sp³-hybridized carbons (Fsp3) is 0.435. The lowest BCUT2D eigenvalue weighted by Gasteiger charge is -2.22. The van der Waals surface area contributed by atoms with Crippen molar-refractivity contribution in [1.29, 1.82) is 0 Å². The molecule has 6 nitrogen and oxygen atoms in total. The summed E-state index contributed by atoms with van der Waals surface area (Å²) in [5, 5.41) is 2.85. The standard InChI is InChI=1S/C23H32N2O4S/c1-4-6-16-25(17-7-5-2)30(27,28)22-14-10-20(11-15-22)23(26)24-18-19-8-12-21(29-3)13-9-19/h8-15H,4-7,16-18H2,1-3H3,(H,24,26). The number of hydrogen-bond donors (Lipinski definition) is 1. The van der Waals surface area contributed by atoms with Gasteiger partial charge in [-0.15, -0.1) is 0 Å². The summed E-state index contributed by atoms with van der Waals surface area (Å²) in [5.74, 6) is 0.511. The van der Waals surface area contributed by atoms with Gasteiger partial charge in [0, 0.05) is 25.2 Å². The Morgan fingerprint density at radius 3 is 2.00 bits per heavy atom. The number of methoxy groups -OCH3 is 1. The van der Waals surface area contributed by atoms with Crippen LogP contribution in [0.5, 0.6) is 5.75 Å². The molecule has 7 heteroatoms. The molecule has 0 saturated heterocycles. The molecule has 0 aromatic heterocycles. The number of carbonyl (C=O) groups is 1. The maximum absolute atomic E-state index is 13.0. The van der Waals surface area contributed by atoms with Crippen molar-refractivity contribution in [3.63, 3.8) is 0 Å². The molecule has 2 aromatic rings. The molecule has 0 unspecified atom stereocenters. The predicted molar refractivity (Wildman–Crippen MR) is 119 cm³/mol. The number of nitrogens with one attached hydrogen (secondary N) is 1. The van der Waals surface area contributed by atoms with E-state index in [1.165, 1.54) is 12.1 Å². The zero-order chi connectivity index (χ0) is 22.0. The monoisotopic (exact) mass is 432 g/mol. The van der Waals surface area contributed by atoms with E-state index in [0.29, 0.717) is 25.2 Å². The lowest BCUT2D eigenvalue weighted by molar-refractivity contribution is 0.0951. The number of rotatable bonds is 12. The van der Waals surface area contributed by atoms with E-state index in [1.54, 1.807) is 23.5 Å². The van der Waals surface area contributed by atoms with Crippen LogP contribution in [0.3, 0.4) is 0 Å². The SMILES string of the molecule is CCCCN(CCCC)S(=O)(=O)c1ccc(C(=O)NCc2ccc(OC)cc2)cc1. The number of benzene rings is 2. The van der Waals surface area contributed by atoms with Crippen LogP contribution in [-0.4, -0.2) is 38.8 Å². The molecule has 0 heterocycles. The third-order valence-electron chi connectivity index (χ3n) is 4.89. The Kier molecular flexibility index (Phi) is 9.33. The molecule has 2 rings (SSSR count). The van der Waals surface area contributed by atoms with Crippen LogP contribution in [0.25, 0.3) is 0 Å². The molecule has 0 radical (unpaired) electrons. The van der Waals surface area contributed by atoms with Crippen molar-refractivity contribution < 1.29 is 17.9 Å². The number of unbranched alkanes of at least 4 members (excludes halogenated alkanes) is 2. The number of ether oxygens (including phenoxy) is 1. The van der Waals surface area contributed by atoms with Gasteiger partial charge in [0.1, 0.15) is 5.75 Å². The fourth-order valence-electron chi connectivity index (χ4n) is 2.98. The second-order valence-electron chi connectivity index (χ2n) is 7.17. The molecule has 0 bridgehead atoms. The van der Waals surface area contributed by atoms with Crippen LogP contribution in [0.1, 0.15) is 55.5 Å². The molecule has 0 aliphatic rings. The first-order chi connectivity index (χ1) is 14.4. The van der Waals surface area contributed by atoms with Gasteiger partial charge < -0.3 is 10.1 Å². The van der Waals surface area contributed by atoms with E-state index >= 15 is 0 Å². The van der Waals surface area contributed by atoms with Gasteiger partial charge in [-0.2, -0.15) is 4.31 Å². The summed E-state index contributed by atoms with van der Waals surface area (Å²) in [6.07, 6.45) is 3.53. The van der Waals surface area contributed by atoms with E-state index in [2.05, 4.69) is 5.32 Å². The lowest BCUT2D eigenvalue weighted by Crippen LogP contribution is -2.33. The third-order valence-corrected chi connectivity index (χ3v) is 6.80. The summed E-state index contributed by atoms with van der Waals surface area (Å²) in [6, 6.07) is 13.6. The van der Waals surface area contributed by atoms with E-state index in [0.717, 1.165) is 37.0 Å². The Labute approximate surface area is 180 Å². The van der Waals surface area contributed by atoms with Gasteiger partial charge in [0.15, 0.2) is 0 Å². The van der Waals surface area contributed by atoms with Gasteiger partial charge in [-0.1, -0.05) is 38.8 Å². The number of nitrogens with zero attached hydrogens (tertiary/aromatic N) is 1. The first kappa shape index (κ1) is 23.9. The normalized spacial score (nSPS) is 11.5. The van der Waals surface area contributed by atoms with Gasteiger partial charge in [0.25, 0.3) is 5.91 Å². The topological polar surface area (TPSA) is 75.7 Å². The Balaban J connectivity index is 2.04. The average Bonchev–Trinajstić information content (AvgIpc) is 2.77. The number of sulfonamides is 1. The maximum atomic E-state index is 13.0. The van der Waals surface area contributed by atoms with Crippen molar-refractivity contribution >= 4 is 15.9 Å². The second kappa shape index (κ2) is 11.7. The summed E-state index contributed by atoms with van der Waals surface area (Å²) < 4.78 is 32.7. The maximum Gasteiger partial charge on any atom is 0.251 e. The largest absolute Gasteiger partial charge is 0.497 e. The Morgan fingerprint density at radius 2 is 1.50 bits per heavy atom. The second-order valence-corrected chi connectivity index (χ2v) is 9.10. The minimum atomic E-state index is -3.56. The fourth-order valence-corrected chi connectivity index (χ4v) is 4.49. The Hall–Kier alpha value is -2.38. The van der Waals surface area contributed by atoms with Crippen LogP contribution in [0, 0.1) is 0 Å². The summed E-state index contributed by atoms with van der Waals surface area (Å²) in [5.41, 5.74) is 1.38. The number of amides is 1. The van der Waals surface area contributed by atoms with Crippen molar-refractivity contribution in [1.82, 2.24) is 9.62 Å². The number of carbonyl (C=O) groups excluding carboxylic acids is 1. The van der Waals surface area contributed by atoms with E-state index in [1.807, 2.05) is 38.1 Å². The molecule has 30 heavy (non-hydrogen) atoms. The van der Waals surface area contributed by atoms with E-state index < -0.39 is 10.0 Å². The van der Waals surface area contributed by atoms with Crippen LogP contribution in [-0.2, 0) is 16.6 Å². The highest BCUT2D eigenvalue weighted by molar-refractivity contribution is 7.89. The van der Waals surface area contributed by atoms with Crippen molar-refractivity contribution in [3.05, 3.63) is 59.7 Å². The predicted octanol–water partition coefficient (Wildman–Crippen LogP) is 4.22. The molecule has 1 amide bonds. The van der Waals surface area contributed by atoms with Crippen LogP contribution in [0.15, 0.2) is 53.4 Å². The zero-order valence-corrected chi connectivity index (χ0v) is 18.9. The van der Waals surface area contributed by atoms with Crippen molar-refractivity contribution in [2.24, 2.45) is 0 Å². The van der Waals surface area contributed by atoms with Gasteiger partial charge in [0.2, 0.25) is 10.0 Å². The molecule has 0 aliphatic heterocycles. The molecule has 1 N–H and O–H groups in total. The van der Waals surface area contributed by atoms with Gasteiger partial charge in [-0.25, -0.2) is 8.42 Å². The van der Waals surface area contributed by atoms with E-state index in [4.69, 9.17) is 4.74 Å². The van der Waals surface area contributed by atoms with Crippen LogP contribution in [0.4, 0.5) is 0 Å². The van der Waals surface area contributed by atoms with Gasteiger partial charge in [-0.05, 0) is 54.8 Å². The highest BCUT2D eigenvalue weighted by Crippen LogP contribution is 2.18. The molecule has 0 spiro atoms. The minimum Gasteiger partial charge on any atom is -0.497 e. The molecular formula is C23H32N2O4S. The number of hydrogen-bond acceptors (Lipinski definition) is 4. The molecule has 2 aromatic carbocycles. The van der Waals surface area contributed by atoms with Crippen LogP contribution >= 0.6 is 0 Å². The van der Waals surface area contributed by atoms with Crippen LogP contribution in [0.2, 0.25) is 0 Å². The molecule has 0 aliphatic carbocycles. The first-order valence-electron chi connectivity index (χ1n) is 10.4.